The highest BCUT2D eigenvalue weighted by Crippen LogP contribution is 2.35. The molecule has 1 saturated heterocycles. The second kappa shape index (κ2) is 8.41. The van der Waals surface area contributed by atoms with E-state index in [0.717, 1.165) is 43.2 Å². The van der Waals surface area contributed by atoms with Crippen molar-refractivity contribution in [3.8, 4) is 0 Å². The van der Waals surface area contributed by atoms with Gasteiger partial charge in [-0.15, -0.1) is 0 Å². The summed E-state index contributed by atoms with van der Waals surface area (Å²) >= 11 is 12.7. The predicted octanol–water partition coefficient (Wildman–Crippen LogP) is 4.44. The lowest BCUT2D eigenvalue weighted by Crippen LogP contribution is -2.33. The minimum Gasteiger partial charge on any atom is -0.378 e. The number of hydrogen-bond acceptors (Lipinski definition) is 3. The summed E-state index contributed by atoms with van der Waals surface area (Å²) in [7, 11) is 4.12. The Balaban J connectivity index is 2.01. The summed E-state index contributed by atoms with van der Waals surface area (Å²) in [6.07, 6.45) is 1.14. The van der Waals surface area contributed by atoms with Crippen LogP contribution in [0.3, 0.4) is 0 Å². The lowest BCUT2D eigenvalue weighted by Gasteiger charge is -2.32. The van der Waals surface area contributed by atoms with Crippen molar-refractivity contribution in [1.82, 2.24) is 10.2 Å². The average molecular weight is 378 g/mol. The first-order chi connectivity index (χ1) is 12.1. The van der Waals surface area contributed by atoms with E-state index in [9.17, 15) is 0 Å². The number of hydrogen-bond donors (Lipinski definition) is 1. The molecule has 0 amide bonds. The summed E-state index contributed by atoms with van der Waals surface area (Å²) in [5.74, 6) is 0. The second-order valence-corrected chi connectivity index (χ2v) is 7.54. The van der Waals surface area contributed by atoms with Gasteiger partial charge in [0.25, 0.3) is 0 Å². The number of nitrogens with one attached hydrogen (secondary N) is 1. The molecule has 1 aliphatic rings. The minimum absolute atomic E-state index is 0.140. The molecule has 3 nitrogen and oxygen atoms in total. The summed E-state index contributed by atoms with van der Waals surface area (Å²) in [5, 5.41) is 4.88. The summed E-state index contributed by atoms with van der Waals surface area (Å²) in [6.45, 7) is 4.11. The third kappa shape index (κ3) is 4.48. The molecule has 0 aliphatic carbocycles. The van der Waals surface area contributed by atoms with E-state index in [2.05, 4.69) is 59.5 Å². The number of benzene rings is 2. The standard InChI is InChI=1S/C20H25Cl2N3/c1-24(2)17-7-4-15(5-8-17)20(25-12-3-10-23-11-13-25)18-9-6-16(21)14-19(18)22/h4-9,14,20,23H,3,10-13H2,1-2H3. The summed E-state index contributed by atoms with van der Waals surface area (Å²) in [6, 6.07) is 14.7. The van der Waals surface area contributed by atoms with Gasteiger partial charge in [-0.25, -0.2) is 0 Å². The SMILES string of the molecule is CN(C)c1ccc(C(c2ccc(Cl)cc2Cl)N2CCCNCC2)cc1. The molecule has 1 N–H and O–H groups in total. The van der Waals surface area contributed by atoms with Crippen LogP contribution in [0.15, 0.2) is 42.5 Å². The van der Waals surface area contributed by atoms with Crippen LogP contribution in [0.2, 0.25) is 10.0 Å². The minimum atomic E-state index is 0.140. The average Bonchev–Trinajstić information content (AvgIpc) is 2.87. The van der Waals surface area contributed by atoms with Crippen LogP contribution in [0.1, 0.15) is 23.6 Å². The Bertz CT molecular complexity index is 693. The van der Waals surface area contributed by atoms with Crippen LogP contribution in [-0.2, 0) is 0 Å². The van der Waals surface area contributed by atoms with Gasteiger partial charge in [-0.3, -0.25) is 4.90 Å². The van der Waals surface area contributed by atoms with Gasteiger partial charge < -0.3 is 10.2 Å². The highest BCUT2D eigenvalue weighted by Gasteiger charge is 2.25. The van der Waals surface area contributed by atoms with Gasteiger partial charge in [0, 0.05) is 49.5 Å². The summed E-state index contributed by atoms with van der Waals surface area (Å²) < 4.78 is 0. The Morgan fingerprint density at radius 3 is 2.44 bits per heavy atom. The third-order valence-electron chi connectivity index (χ3n) is 4.72. The maximum atomic E-state index is 6.58. The van der Waals surface area contributed by atoms with Crippen LogP contribution in [-0.4, -0.2) is 45.2 Å². The Labute approximate surface area is 160 Å². The molecule has 5 heteroatoms. The van der Waals surface area contributed by atoms with Gasteiger partial charge in [0.1, 0.15) is 0 Å². The van der Waals surface area contributed by atoms with Gasteiger partial charge in [-0.05, 0) is 48.4 Å². The largest absolute Gasteiger partial charge is 0.378 e. The van der Waals surface area contributed by atoms with Crippen LogP contribution in [0, 0.1) is 0 Å². The van der Waals surface area contributed by atoms with Gasteiger partial charge in [0.2, 0.25) is 0 Å². The number of anilines is 1. The van der Waals surface area contributed by atoms with Crippen molar-refractivity contribution in [2.75, 3.05) is 45.2 Å². The maximum Gasteiger partial charge on any atom is 0.0617 e. The zero-order valence-corrected chi connectivity index (χ0v) is 16.3. The van der Waals surface area contributed by atoms with E-state index in [1.807, 2.05) is 12.1 Å². The van der Waals surface area contributed by atoms with Crippen molar-refractivity contribution in [3.05, 3.63) is 63.6 Å². The molecule has 0 radical (unpaired) electrons. The Kier molecular flexibility index (Phi) is 6.24. The molecule has 1 aliphatic heterocycles. The Morgan fingerprint density at radius 2 is 1.76 bits per heavy atom. The maximum absolute atomic E-state index is 6.58. The monoisotopic (exact) mass is 377 g/mol. The van der Waals surface area contributed by atoms with Crippen molar-refractivity contribution in [1.29, 1.82) is 0 Å². The van der Waals surface area contributed by atoms with E-state index in [0.29, 0.717) is 5.02 Å². The van der Waals surface area contributed by atoms with Gasteiger partial charge in [-0.2, -0.15) is 0 Å². The van der Waals surface area contributed by atoms with Crippen molar-refractivity contribution in [3.63, 3.8) is 0 Å². The van der Waals surface area contributed by atoms with E-state index >= 15 is 0 Å². The van der Waals surface area contributed by atoms with Crippen LogP contribution >= 0.6 is 23.2 Å². The summed E-state index contributed by atoms with van der Waals surface area (Å²) in [4.78, 5) is 4.63. The van der Waals surface area contributed by atoms with E-state index in [1.165, 1.54) is 11.3 Å². The molecule has 1 unspecified atom stereocenters. The fourth-order valence-electron chi connectivity index (χ4n) is 3.39. The predicted molar refractivity (Wildman–Crippen MR) is 108 cm³/mol. The van der Waals surface area contributed by atoms with Crippen LogP contribution in [0.5, 0.6) is 0 Å². The molecular formula is C20H25Cl2N3. The van der Waals surface area contributed by atoms with Crippen LogP contribution in [0.4, 0.5) is 5.69 Å². The molecule has 1 heterocycles. The fraction of sp³-hybridized carbons (Fsp3) is 0.400. The molecule has 0 spiro atoms. The topological polar surface area (TPSA) is 18.5 Å². The molecular weight excluding hydrogens is 353 g/mol. The summed E-state index contributed by atoms with van der Waals surface area (Å²) in [5.41, 5.74) is 3.57. The number of nitrogens with zero attached hydrogens (tertiary/aromatic N) is 2. The molecule has 1 atom stereocenters. The molecule has 0 saturated carbocycles. The quantitative estimate of drug-likeness (QED) is 0.849. The Morgan fingerprint density at radius 1 is 1.00 bits per heavy atom. The van der Waals surface area contributed by atoms with Gasteiger partial charge >= 0.3 is 0 Å². The van der Waals surface area contributed by atoms with E-state index in [-0.39, 0.29) is 6.04 Å². The van der Waals surface area contributed by atoms with Gasteiger partial charge in [0.05, 0.1) is 6.04 Å². The highest BCUT2D eigenvalue weighted by molar-refractivity contribution is 6.35. The first kappa shape index (κ1) is 18.5. The molecule has 25 heavy (non-hydrogen) atoms. The zero-order chi connectivity index (χ0) is 17.8. The molecule has 134 valence electrons. The Hall–Kier alpha value is -1.26. The van der Waals surface area contributed by atoms with Gasteiger partial charge in [0.15, 0.2) is 0 Å². The molecule has 0 aromatic heterocycles. The van der Waals surface area contributed by atoms with Crippen LogP contribution < -0.4 is 10.2 Å². The van der Waals surface area contributed by atoms with Crippen molar-refractivity contribution >= 4 is 28.9 Å². The molecule has 1 fully saturated rings. The van der Waals surface area contributed by atoms with Crippen molar-refractivity contribution in [2.24, 2.45) is 0 Å². The van der Waals surface area contributed by atoms with Crippen molar-refractivity contribution in [2.45, 2.75) is 12.5 Å². The fourth-order valence-corrected chi connectivity index (χ4v) is 3.90. The second-order valence-electron chi connectivity index (χ2n) is 6.69. The normalized spacial score (nSPS) is 17.1. The molecule has 2 aromatic carbocycles. The van der Waals surface area contributed by atoms with Crippen molar-refractivity contribution < 1.29 is 0 Å². The van der Waals surface area contributed by atoms with Crippen LogP contribution in [0.25, 0.3) is 0 Å². The number of halogens is 2. The molecule has 0 bridgehead atoms. The zero-order valence-electron chi connectivity index (χ0n) is 14.8. The first-order valence-corrected chi connectivity index (χ1v) is 9.49. The highest BCUT2D eigenvalue weighted by atomic mass is 35.5. The lowest BCUT2D eigenvalue weighted by atomic mass is 9.96. The van der Waals surface area contributed by atoms with E-state index in [1.54, 1.807) is 0 Å². The first-order valence-electron chi connectivity index (χ1n) is 8.73. The van der Waals surface area contributed by atoms with Gasteiger partial charge in [-0.1, -0.05) is 41.4 Å². The van der Waals surface area contributed by atoms with E-state index in [4.69, 9.17) is 23.2 Å². The third-order valence-corrected chi connectivity index (χ3v) is 5.28. The molecule has 2 aromatic rings. The van der Waals surface area contributed by atoms with E-state index < -0.39 is 0 Å². The number of rotatable bonds is 4. The smallest absolute Gasteiger partial charge is 0.0617 e. The molecule has 3 rings (SSSR count). The lowest BCUT2D eigenvalue weighted by molar-refractivity contribution is 0.241.